The zero-order valence-corrected chi connectivity index (χ0v) is 18.0. The molecule has 0 saturated heterocycles. The summed E-state index contributed by atoms with van der Waals surface area (Å²) in [5, 5.41) is 1.11. The number of aromatic nitrogens is 3. The maximum absolute atomic E-state index is 13.2. The summed E-state index contributed by atoms with van der Waals surface area (Å²) in [6.45, 7) is 1.28. The SMILES string of the molecule is O=c1/c(=C\c2cn(CCOc3ccccc3)c3ccccc23)sc2nc3ccccc3n12. The number of benzene rings is 3. The molecule has 0 bridgehead atoms. The van der Waals surface area contributed by atoms with E-state index >= 15 is 0 Å². The maximum atomic E-state index is 13.2. The van der Waals surface area contributed by atoms with Crippen molar-refractivity contribution in [2.75, 3.05) is 6.61 Å². The fourth-order valence-corrected chi connectivity index (χ4v) is 5.08. The molecule has 0 aliphatic rings. The molecule has 32 heavy (non-hydrogen) atoms. The van der Waals surface area contributed by atoms with Gasteiger partial charge in [0.05, 0.1) is 22.1 Å². The average Bonchev–Trinajstić information content (AvgIpc) is 3.46. The summed E-state index contributed by atoms with van der Waals surface area (Å²) in [4.78, 5) is 18.5. The second-order valence-electron chi connectivity index (χ2n) is 7.59. The first kappa shape index (κ1) is 18.8. The third kappa shape index (κ3) is 3.16. The van der Waals surface area contributed by atoms with E-state index in [4.69, 9.17) is 4.74 Å². The molecule has 5 nitrogen and oxygen atoms in total. The Morgan fingerprint density at radius 2 is 1.66 bits per heavy atom. The second kappa shape index (κ2) is 7.66. The van der Waals surface area contributed by atoms with E-state index in [0.29, 0.717) is 17.7 Å². The Bertz CT molecular complexity index is 1680. The zero-order chi connectivity index (χ0) is 21.5. The molecular weight excluding hydrogens is 418 g/mol. The van der Waals surface area contributed by atoms with Gasteiger partial charge in [-0.15, -0.1) is 0 Å². The van der Waals surface area contributed by atoms with Crippen LogP contribution < -0.4 is 14.8 Å². The Kier molecular flexibility index (Phi) is 4.51. The van der Waals surface area contributed by atoms with E-state index < -0.39 is 0 Å². The number of para-hydroxylation sites is 4. The second-order valence-corrected chi connectivity index (χ2v) is 8.60. The van der Waals surface area contributed by atoms with Gasteiger partial charge in [0, 0.05) is 22.7 Å². The van der Waals surface area contributed by atoms with Gasteiger partial charge in [-0.25, -0.2) is 9.38 Å². The lowest BCUT2D eigenvalue weighted by molar-refractivity contribution is 0.300. The lowest BCUT2D eigenvalue weighted by Gasteiger charge is -2.08. The molecule has 0 atom stereocenters. The molecule has 0 fully saturated rings. The maximum Gasteiger partial charge on any atom is 0.274 e. The summed E-state index contributed by atoms with van der Waals surface area (Å²) in [5.74, 6) is 0.862. The Morgan fingerprint density at radius 1 is 0.906 bits per heavy atom. The van der Waals surface area contributed by atoms with Gasteiger partial charge >= 0.3 is 0 Å². The minimum absolute atomic E-state index is 0.0251. The van der Waals surface area contributed by atoms with Crippen molar-refractivity contribution >= 4 is 44.3 Å². The standard InChI is InChI=1S/C26H19N3O2S/c30-25-24(32-26-27-21-11-5-7-13-23(21)29(25)26)16-18-17-28(22-12-6-4-10-20(18)22)14-15-31-19-8-2-1-3-9-19/h1-13,16-17H,14-15H2/b24-16+. The van der Waals surface area contributed by atoms with Crippen LogP contribution in [0.3, 0.4) is 0 Å². The zero-order valence-electron chi connectivity index (χ0n) is 17.1. The third-order valence-corrected chi connectivity index (χ3v) is 6.56. The minimum Gasteiger partial charge on any atom is -0.492 e. The highest BCUT2D eigenvalue weighted by atomic mass is 32.1. The van der Waals surface area contributed by atoms with E-state index in [0.717, 1.165) is 38.2 Å². The normalized spacial score (nSPS) is 12.3. The molecule has 0 amide bonds. The van der Waals surface area contributed by atoms with Gasteiger partial charge in [0.1, 0.15) is 12.4 Å². The smallest absolute Gasteiger partial charge is 0.274 e. The third-order valence-electron chi connectivity index (χ3n) is 5.60. The van der Waals surface area contributed by atoms with Crippen LogP contribution >= 0.6 is 11.3 Å². The molecule has 0 spiro atoms. The Labute approximate surface area is 187 Å². The number of ether oxygens (including phenoxy) is 1. The number of imidazole rings is 1. The van der Waals surface area contributed by atoms with Crippen LogP contribution in [0.4, 0.5) is 0 Å². The van der Waals surface area contributed by atoms with Crippen LogP contribution in [0, 0.1) is 0 Å². The summed E-state index contributed by atoms with van der Waals surface area (Å²) in [6, 6.07) is 25.8. The number of nitrogens with zero attached hydrogens (tertiary/aromatic N) is 3. The summed E-state index contributed by atoms with van der Waals surface area (Å²) in [5.41, 5.74) is 3.81. The Balaban J connectivity index is 1.40. The van der Waals surface area contributed by atoms with Crippen LogP contribution in [0.15, 0.2) is 89.9 Å². The molecular formula is C26H19N3O2S. The average molecular weight is 438 g/mol. The first-order chi connectivity index (χ1) is 15.8. The van der Waals surface area contributed by atoms with E-state index in [2.05, 4.69) is 27.9 Å². The molecule has 156 valence electrons. The molecule has 0 radical (unpaired) electrons. The summed E-state index contributed by atoms with van der Waals surface area (Å²) >= 11 is 1.43. The first-order valence-electron chi connectivity index (χ1n) is 10.5. The van der Waals surface area contributed by atoms with Gasteiger partial charge in [-0.3, -0.25) is 4.79 Å². The molecule has 0 aliphatic heterocycles. The van der Waals surface area contributed by atoms with E-state index in [9.17, 15) is 4.79 Å². The van der Waals surface area contributed by atoms with Crippen molar-refractivity contribution in [1.82, 2.24) is 14.0 Å². The molecule has 0 aliphatic carbocycles. The van der Waals surface area contributed by atoms with Gasteiger partial charge < -0.3 is 9.30 Å². The Morgan fingerprint density at radius 3 is 2.53 bits per heavy atom. The van der Waals surface area contributed by atoms with Gasteiger partial charge in [0.15, 0.2) is 4.96 Å². The van der Waals surface area contributed by atoms with Crippen molar-refractivity contribution in [2.45, 2.75) is 6.54 Å². The molecule has 0 unspecified atom stereocenters. The summed E-state index contributed by atoms with van der Waals surface area (Å²) in [7, 11) is 0. The molecule has 3 heterocycles. The molecule has 3 aromatic heterocycles. The van der Waals surface area contributed by atoms with E-state index in [1.165, 1.54) is 11.3 Å². The van der Waals surface area contributed by atoms with E-state index in [1.807, 2.05) is 72.8 Å². The van der Waals surface area contributed by atoms with Crippen LogP contribution in [-0.2, 0) is 6.54 Å². The summed E-state index contributed by atoms with van der Waals surface area (Å²) in [6.07, 6.45) is 4.08. The van der Waals surface area contributed by atoms with E-state index in [-0.39, 0.29) is 5.56 Å². The topological polar surface area (TPSA) is 48.5 Å². The van der Waals surface area contributed by atoms with E-state index in [1.54, 1.807) is 4.40 Å². The van der Waals surface area contributed by atoms with Crippen molar-refractivity contribution in [3.8, 4) is 5.75 Å². The number of hydrogen-bond donors (Lipinski definition) is 0. The fourth-order valence-electron chi connectivity index (χ4n) is 4.11. The van der Waals surface area contributed by atoms with Gasteiger partial charge in [0.25, 0.3) is 5.56 Å². The number of rotatable bonds is 5. The fraction of sp³-hybridized carbons (Fsp3) is 0.0769. The highest BCUT2D eigenvalue weighted by Gasteiger charge is 2.12. The van der Waals surface area contributed by atoms with Crippen LogP contribution in [0.2, 0.25) is 0 Å². The number of hydrogen-bond acceptors (Lipinski definition) is 4. The molecule has 0 N–H and O–H groups in total. The predicted molar refractivity (Wildman–Crippen MR) is 130 cm³/mol. The predicted octanol–water partition coefficient (Wildman–Crippen LogP) is 4.49. The molecule has 3 aromatic carbocycles. The molecule has 6 aromatic rings. The minimum atomic E-state index is -0.0251. The lowest BCUT2D eigenvalue weighted by Crippen LogP contribution is -2.22. The highest BCUT2D eigenvalue weighted by molar-refractivity contribution is 7.15. The van der Waals surface area contributed by atoms with Crippen molar-refractivity contribution in [3.63, 3.8) is 0 Å². The van der Waals surface area contributed by atoms with Crippen molar-refractivity contribution in [3.05, 3.63) is 106 Å². The lowest BCUT2D eigenvalue weighted by atomic mass is 10.2. The molecule has 6 rings (SSSR count). The van der Waals surface area contributed by atoms with Crippen LogP contribution in [0.1, 0.15) is 5.56 Å². The van der Waals surface area contributed by atoms with Crippen molar-refractivity contribution < 1.29 is 4.74 Å². The number of thiazole rings is 1. The van der Waals surface area contributed by atoms with Gasteiger partial charge in [0.2, 0.25) is 0 Å². The Hall–Kier alpha value is -3.90. The van der Waals surface area contributed by atoms with Gasteiger partial charge in [-0.05, 0) is 36.4 Å². The van der Waals surface area contributed by atoms with Crippen LogP contribution in [0.5, 0.6) is 5.75 Å². The van der Waals surface area contributed by atoms with Crippen LogP contribution in [0.25, 0.3) is 33.0 Å². The highest BCUT2D eigenvalue weighted by Crippen LogP contribution is 2.23. The quantitative estimate of drug-likeness (QED) is 0.399. The van der Waals surface area contributed by atoms with Crippen molar-refractivity contribution in [1.29, 1.82) is 0 Å². The first-order valence-corrected chi connectivity index (χ1v) is 11.3. The van der Waals surface area contributed by atoms with Crippen LogP contribution in [-0.4, -0.2) is 20.6 Å². The largest absolute Gasteiger partial charge is 0.492 e. The molecule has 0 saturated carbocycles. The number of fused-ring (bicyclic) bond motifs is 4. The molecule has 6 heteroatoms. The van der Waals surface area contributed by atoms with Crippen molar-refractivity contribution in [2.24, 2.45) is 0 Å². The summed E-state index contributed by atoms with van der Waals surface area (Å²) < 4.78 is 10.5. The van der Waals surface area contributed by atoms with Gasteiger partial charge in [-0.1, -0.05) is 59.9 Å². The van der Waals surface area contributed by atoms with Gasteiger partial charge in [-0.2, -0.15) is 0 Å². The monoisotopic (exact) mass is 437 g/mol.